The molecule has 5 heteroatoms. The molecular weight excluding hydrogens is 194 g/mol. The van der Waals surface area contributed by atoms with E-state index >= 15 is 0 Å². The van der Waals surface area contributed by atoms with Crippen molar-refractivity contribution in [1.82, 2.24) is 16.0 Å². The van der Waals surface area contributed by atoms with Crippen LogP contribution in [-0.2, 0) is 9.59 Å². The molecule has 0 saturated heterocycles. The van der Waals surface area contributed by atoms with E-state index in [1.807, 2.05) is 0 Å². The third-order valence-electron chi connectivity index (χ3n) is 2.43. The molecule has 0 aliphatic heterocycles. The van der Waals surface area contributed by atoms with Crippen LogP contribution in [0.3, 0.4) is 0 Å². The minimum Gasteiger partial charge on any atom is -0.357 e. The van der Waals surface area contributed by atoms with Gasteiger partial charge in [0.1, 0.15) is 6.04 Å². The van der Waals surface area contributed by atoms with Gasteiger partial charge in [0.2, 0.25) is 11.8 Å². The second-order valence-electron chi connectivity index (χ2n) is 3.98. The van der Waals surface area contributed by atoms with Crippen molar-refractivity contribution < 1.29 is 9.59 Å². The van der Waals surface area contributed by atoms with Gasteiger partial charge in [-0.3, -0.25) is 9.59 Å². The van der Waals surface area contributed by atoms with Crippen molar-refractivity contribution in [1.29, 1.82) is 0 Å². The van der Waals surface area contributed by atoms with Crippen molar-refractivity contribution in [2.24, 2.45) is 5.92 Å². The highest BCUT2D eigenvalue weighted by molar-refractivity contribution is 5.87. The van der Waals surface area contributed by atoms with Crippen LogP contribution in [0.2, 0.25) is 0 Å². The van der Waals surface area contributed by atoms with Crippen LogP contribution in [0.25, 0.3) is 0 Å². The molecule has 0 aromatic heterocycles. The zero-order chi connectivity index (χ0) is 11.3. The van der Waals surface area contributed by atoms with Crippen LogP contribution in [0, 0.1) is 5.92 Å². The number of hydrogen-bond donors (Lipinski definition) is 3. The molecule has 0 bridgehead atoms. The molecule has 0 radical (unpaired) electrons. The predicted octanol–water partition coefficient (Wildman–Crippen LogP) is -0.763. The van der Waals surface area contributed by atoms with Crippen LogP contribution >= 0.6 is 0 Å². The average molecular weight is 213 g/mol. The maximum atomic E-state index is 11.3. The Morgan fingerprint density at radius 2 is 2.07 bits per heavy atom. The summed E-state index contributed by atoms with van der Waals surface area (Å²) in [4.78, 5) is 22.4. The minimum atomic E-state index is -0.467. The predicted molar refractivity (Wildman–Crippen MR) is 57.3 cm³/mol. The molecule has 0 unspecified atom stereocenters. The smallest absolute Gasteiger partial charge is 0.242 e. The number of hydrogen-bond acceptors (Lipinski definition) is 3. The van der Waals surface area contributed by atoms with Gasteiger partial charge in [-0.1, -0.05) is 0 Å². The molecular formula is C10H19N3O2. The molecule has 2 amide bonds. The second-order valence-corrected chi connectivity index (χ2v) is 3.98. The third-order valence-corrected chi connectivity index (χ3v) is 2.43. The highest BCUT2D eigenvalue weighted by atomic mass is 16.2. The second kappa shape index (κ2) is 5.70. The first kappa shape index (κ1) is 12.0. The van der Waals surface area contributed by atoms with Crippen molar-refractivity contribution in [2.45, 2.75) is 25.8 Å². The lowest BCUT2D eigenvalue weighted by molar-refractivity contribution is -0.127. The molecule has 1 aliphatic rings. The van der Waals surface area contributed by atoms with Gasteiger partial charge in [-0.25, -0.2) is 0 Å². The highest BCUT2D eigenvalue weighted by Crippen LogP contribution is 2.27. The Morgan fingerprint density at radius 3 is 2.60 bits per heavy atom. The zero-order valence-corrected chi connectivity index (χ0v) is 9.30. The molecule has 1 aliphatic carbocycles. The Bertz CT molecular complexity index is 239. The van der Waals surface area contributed by atoms with Gasteiger partial charge in [-0.05, 0) is 32.2 Å². The molecule has 15 heavy (non-hydrogen) atoms. The standard InChI is InChI=1S/C10H19N3O2/c1-7(10(15)11-2)13-9(14)6-12-5-8-3-4-8/h7-8,12H,3-6H2,1-2H3,(H,11,15)(H,13,14)/t7-/m1/s1. The van der Waals surface area contributed by atoms with Crippen LogP contribution in [-0.4, -0.2) is 38.0 Å². The maximum Gasteiger partial charge on any atom is 0.242 e. The Kier molecular flexibility index (Phi) is 4.55. The van der Waals surface area contributed by atoms with E-state index in [4.69, 9.17) is 0 Å². The van der Waals surface area contributed by atoms with E-state index in [1.54, 1.807) is 14.0 Å². The van der Waals surface area contributed by atoms with Gasteiger partial charge in [0.25, 0.3) is 0 Å². The summed E-state index contributed by atoms with van der Waals surface area (Å²) in [5.74, 6) is 0.450. The number of nitrogens with one attached hydrogen (secondary N) is 3. The summed E-state index contributed by atoms with van der Waals surface area (Å²) in [7, 11) is 1.55. The Morgan fingerprint density at radius 1 is 1.40 bits per heavy atom. The molecule has 86 valence electrons. The van der Waals surface area contributed by atoms with Crippen molar-refractivity contribution in [3.8, 4) is 0 Å². The van der Waals surface area contributed by atoms with Gasteiger partial charge < -0.3 is 16.0 Å². The van der Waals surface area contributed by atoms with E-state index in [0.717, 1.165) is 12.5 Å². The van der Waals surface area contributed by atoms with E-state index in [2.05, 4.69) is 16.0 Å². The number of carbonyl (C=O) groups is 2. The molecule has 0 aromatic rings. The molecule has 3 N–H and O–H groups in total. The van der Waals surface area contributed by atoms with Gasteiger partial charge >= 0.3 is 0 Å². The minimum absolute atomic E-state index is 0.133. The lowest BCUT2D eigenvalue weighted by Gasteiger charge is -2.12. The Labute approximate surface area is 90.0 Å². The van der Waals surface area contributed by atoms with Crippen LogP contribution in [0.1, 0.15) is 19.8 Å². The SMILES string of the molecule is CNC(=O)[C@@H](C)NC(=O)CNCC1CC1. The molecule has 1 fully saturated rings. The fourth-order valence-corrected chi connectivity index (χ4v) is 1.29. The number of amides is 2. The van der Waals surface area contributed by atoms with Crippen LogP contribution in [0.5, 0.6) is 0 Å². The quantitative estimate of drug-likeness (QED) is 0.543. The van der Waals surface area contributed by atoms with Gasteiger partial charge in [0.05, 0.1) is 6.54 Å². The van der Waals surface area contributed by atoms with Gasteiger partial charge in [-0.2, -0.15) is 0 Å². The lowest BCUT2D eigenvalue weighted by atomic mass is 10.3. The van der Waals surface area contributed by atoms with Crippen LogP contribution < -0.4 is 16.0 Å². The van der Waals surface area contributed by atoms with E-state index in [9.17, 15) is 9.59 Å². The molecule has 0 spiro atoms. The summed E-state index contributed by atoms with van der Waals surface area (Å²) in [6.07, 6.45) is 2.53. The van der Waals surface area contributed by atoms with E-state index in [-0.39, 0.29) is 18.4 Å². The largest absolute Gasteiger partial charge is 0.357 e. The zero-order valence-electron chi connectivity index (χ0n) is 9.30. The summed E-state index contributed by atoms with van der Waals surface area (Å²) in [6, 6.07) is -0.467. The number of rotatable bonds is 6. The van der Waals surface area contributed by atoms with Crippen LogP contribution in [0.15, 0.2) is 0 Å². The first-order valence-corrected chi connectivity index (χ1v) is 5.35. The monoisotopic (exact) mass is 213 g/mol. The van der Waals surface area contributed by atoms with Crippen molar-refractivity contribution in [2.75, 3.05) is 20.1 Å². The fourth-order valence-electron chi connectivity index (χ4n) is 1.29. The van der Waals surface area contributed by atoms with Crippen LogP contribution in [0.4, 0.5) is 0 Å². The van der Waals surface area contributed by atoms with E-state index in [1.165, 1.54) is 12.8 Å². The molecule has 1 atom stereocenters. The Hall–Kier alpha value is -1.10. The summed E-state index contributed by atoms with van der Waals surface area (Å²) < 4.78 is 0. The van der Waals surface area contributed by atoms with Crippen molar-refractivity contribution in [3.05, 3.63) is 0 Å². The van der Waals surface area contributed by atoms with E-state index < -0.39 is 6.04 Å². The van der Waals surface area contributed by atoms with Gasteiger partial charge in [0.15, 0.2) is 0 Å². The van der Waals surface area contributed by atoms with Gasteiger partial charge in [0, 0.05) is 7.05 Å². The maximum absolute atomic E-state index is 11.3. The topological polar surface area (TPSA) is 70.2 Å². The summed E-state index contributed by atoms with van der Waals surface area (Å²) in [5, 5.41) is 8.16. The highest BCUT2D eigenvalue weighted by Gasteiger charge is 2.21. The third kappa shape index (κ3) is 4.78. The summed E-state index contributed by atoms with van der Waals surface area (Å²) in [6.45, 7) is 2.86. The summed E-state index contributed by atoms with van der Waals surface area (Å²) >= 11 is 0. The van der Waals surface area contributed by atoms with Crippen molar-refractivity contribution in [3.63, 3.8) is 0 Å². The molecule has 1 saturated carbocycles. The summed E-state index contributed by atoms with van der Waals surface area (Å²) in [5.41, 5.74) is 0. The molecule has 0 aromatic carbocycles. The molecule has 1 rings (SSSR count). The number of likely N-dealkylation sites (N-methyl/N-ethyl adjacent to an activating group) is 1. The molecule has 0 heterocycles. The first-order chi connectivity index (χ1) is 7.13. The fraction of sp³-hybridized carbons (Fsp3) is 0.800. The van der Waals surface area contributed by atoms with E-state index in [0.29, 0.717) is 0 Å². The lowest BCUT2D eigenvalue weighted by Crippen LogP contribution is -2.46. The number of carbonyl (C=O) groups excluding carboxylic acids is 2. The Balaban J connectivity index is 2.07. The average Bonchev–Trinajstić information content (AvgIpc) is 3.00. The first-order valence-electron chi connectivity index (χ1n) is 5.35. The van der Waals surface area contributed by atoms with Crippen molar-refractivity contribution >= 4 is 11.8 Å². The van der Waals surface area contributed by atoms with Gasteiger partial charge in [-0.15, -0.1) is 0 Å². The normalized spacial score (nSPS) is 16.9. The molecule has 5 nitrogen and oxygen atoms in total.